The molecule has 0 aliphatic heterocycles. The van der Waals surface area contributed by atoms with Crippen molar-refractivity contribution in [3.63, 3.8) is 0 Å². The fraction of sp³-hybridized carbons (Fsp3) is 0.619. The quantitative estimate of drug-likeness (QED) is 0.564. The monoisotopic (exact) mass is 336 g/mol. The van der Waals surface area contributed by atoms with Crippen LogP contribution < -0.4 is 0 Å². The zero-order chi connectivity index (χ0) is 17.1. The van der Waals surface area contributed by atoms with E-state index in [1.54, 1.807) is 6.08 Å². The summed E-state index contributed by atoms with van der Waals surface area (Å²) in [6.45, 7) is 2.01. The lowest BCUT2D eigenvalue weighted by molar-refractivity contribution is 0.210. The van der Waals surface area contributed by atoms with Crippen LogP contribution in [0.4, 0.5) is 13.2 Å². The lowest BCUT2D eigenvalue weighted by Gasteiger charge is -2.35. The van der Waals surface area contributed by atoms with Crippen LogP contribution in [0.1, 0.15) is 75.3 Å². The molecule has 0 bridgehead atoms. The third kappa shape index (κ3) is 3.87. The van der Waals surface area contributed by atoms with Gasteiger partial charge in [0.15, 0.2) is 0 Å². The number of rotatable bonds is 4. The fourth-order valence-corrected chi connectivity index (χ4v) is 4.59. The van der Waals surface area contributed by atoms with Crippen LogP contribution in [0.2, 0.25) is 0 Å². The van der Waals surface area contributed by atoms with Gasteiger partial charge in [0.25, 0.3) is 0 Å². The van der Waals surface area contributed by atoms with Gasteiger partial charge < -0.3 is 0 Å². The Bertz CT molecular complexity index is 574. The van der Waals surface area contributed by atoms with Crippen LogP contribution in [0.5, 0.6) is 0 Å². The van der Waals surface area contributed by atoms with E-state index in [1.807, 2.05) is 6.92 Å². The molecule has 1 unspecified atom stereocenters. The zero-order valence-electron chi connectivity index (χ0n) is 14.5. The highest BCUT2D eigenvalue weighted by molar-refractivity contribution is 5.29. The molecule has 0 nitrogen and oxygen atoms in total. The highest BCUT2D eigenvalue weighted by atomic mass is 19.1. The molecule has 0 spiro atoms. The summed E-state index contributed by atoms with van der Waals surface area (Å²) in [6, 6.07) is 3.03. The number of aryl methyl sites for hydroxylation is 1. The van der Waals surface area contributed by atoms with Crippen molar-refractivity contribution >= 4 is 0 Å². The van der Waals surface area contributed by atoms with Crippen LogP contribution in [0.15, 0.2) is 24.0 Å². The smallest absolute Gasteiger partial charge is 0.129 e. The summed E-state index contributed by atoms with van der Waals surface area (Å²) in [5, 5.41) is 0. The molecule has 0 N–H and O–H groups in total. The zero-order valence-corrected chi connectivity index (χ0v) is 14.5. The normalized spacial score (nSPS) is 27.8. The maximum absolute atomic E-state index is 14.4. The molecule has 132 valence electrons. The third-order valence-corrected chi connectivity index (χ3v) is 5.92. The second-order valence-corrected chi connectivity index (χ2v) is 7.52. The second-order valence-electron chi connectivity index (χ2n) is 7.52. The number of allylic oxidation sites excluding steroid dienone is 2. The first-order chi connectivity index (χ1) is 11.6. The molecule has 1 saturated carbocycles. The van der Waals surface area contributed by atoms with Gasteiger partial charge in [0.05, 0.1) is 5.83 Å². The topological polar surface area (TPSA) is 0 Å². The Morgan fingerprint density at radius 2 is 1.58 bits per heavy atom. The first-order valence-corrected chi connectivity index (χ1v) is 9.40. The van der Waals surface area contributed by atoms with Crippen LogP contribution in [0.3, 0.4) is 0 Å². The van der Waals surface area contributed by atoms with Gasteiger partial charge in [-0.15, -0.1) is 0 Å². The van der Waals surface area contributed by atoms with E-state index in [4.69, 9.17) is 0 Å². The molecule has 3 rings (SSSR count). The summed E-state index contributed by atoms with van der Waals surface area (Å²) >= 11 is 0. The van der Waals surface area contributed by atoms with Gasteiger partial charge in [-0.25, -0.2) is 13.2 Å². The SMILES string of the molecule is CCCc1cc(F)c(C2CCC(C3CC=C(F)CC3)CC2)c(F)c1. The number of hydrogen-bond acceptors (Lipinski definition) is 0. The molecule has 1 atom stereocenters. The molecule has 0 amide bonds. The minimum Gasteiger partial charge on any atom is -0.212 e. The Balaban J connectivity index is 1.64. The molecule has 1 fully saturated rings. The summed E-state index contributed by atoms with van der Waals surface area (Å²) in [5.41, 5.74) is 1.05. The molecule has 2 aliphatic rings. The largest absolute Gasteiger partial charge is 0.212 e. The first kappa shape index (κ1) is 17.6. The van der Waals surface area contributed by atoms with E-state index >= 15 is 0 Å². The van der Waals surface area contributed by atoms with Crippen LogP contribution in [0.25, 0.3) is 0 Å². The predicted molar refractivity (Wildman–Crippen MR) is 91.6 cm³/mol. The van der Waals surface area contributed by atoms with Crippen molar-refractivity contribution in [1.82, 2.24) is 0 Å². The van der Waals surface area contributed by atoms with Gasteiger partial charge in [0.2, 0.25) is 0 Å². The summed E-state index contributed by atoms with van der Waals surface area (Å²) in [4.78, 5) is 0. The average molecular weight is 336 g/mol. The molecule has 24 heavy (non-hydrogen) atoms. The molecule has 0 radical (unpaired) electrons. The fourth-order valence-electron chi connectivity index (χ4n) is 4.59. The number of benzene rings is 1. The highest BCUT2D eigenvalue weighted by Crippen LogP contribution is 2.43. The van der Waals surface area contributed by atoms with Crippen LogP contribution in [-0.2, 0) is 6.42 Å². The molecular weight excluding hydrogens is 309 g/mol. The number of halogens is 3. The summed E-state index contributed by atoms with van der Waals surface area (Å²) in [7, 11) is 0. The maximum atomic E-state index is 14.4. The van der Waals surface area contributed by atoms with E-state index in [2.05, 4.69) is 0 Å². The van der Waals surface area contributed by atoms with Crippen LogP contribution >= 0.6 is 0 Å². The Kier molecular flexibility index (Phi) is 5.68. The molecule has 3 heteroatoms. The van der Waals surface area contributed by atoms with Crippen molar-refractivity contribution in [3.05, 3.63) is 46.8 Å². The maximum Gasteiger partial charge on any atom is 0.129 e. The van der Waals surface area contributed by atoms with Gasteiger partial charge in [-0.2, -0.15) is 0 Å². The van der Waals surface area contributed by atoms with Crippen molar-refractivity contribution in [3.8, 4) is 0 Å². The molecule has 1 aromatic rings. The van der Waals surface area contributed by atoms with Gasteiger partial charge in [-0.05, 0) is 86.8 Å². The van der Waals surface area contributed by atoms with Gasteiger partial charge in [-0.3, -0.25) is 0 Å². The summed E-state index contributed by atoms with van der Waals surface area (Å²) in [5.74, 6) is 0.404. The van der Waals surface area contributed by atoms with Crippen LogP contribution in [0, 0.1) is 23.5 Å². The lowest BCUT2D eigenvalue weighted by Crippen LogP contribution is -2.23. The molecule has 2 aliphatic carbocycles. The Hall–Kier alpha value is -1.25. The molecule has 0 aromatic heterocycles. The Labute approximate surface area is 143 Å². The van der Waals surface area contributed by atoms with Gasteiger partial charge in [0.1, 0.15) is 11.6 Å². The molecular formula is C21H27F3. The van der Waals surface area contributed by atoms with E-state index in [0.29, 0.717) is 30.2 Å². The lowest BCUT2D eigenvalue weighted by atomic mass is 9.70. The highest BCUT2D eigenvalue weighted by Gasteiger charge is 2.31. The van der Waals surface area contributed by atoms with Crippen molar-refractivity contribution in [2.75, 3.05) is 0 Å². The first-order valence-electron chi connectivity index (χ1n) is 9.40. The summed E-state index contributed by atoms with van der Waals surface area (Å²) < 4.78 is 42.0. The average Bonchev–Trinajstić information content (AvgIpc) is 2.56. The van der Waals surface area contributed by atoms with Crippen molar-refractivity contribution in [2.45, 2.75) is 70.6 Å². The van der Waals surface area contributed by atoms with Gasteiger partial charge in [0, 0.05) is 5.56 Å². The van der Waals surface area contributed by atoms with E-state index in [1.165, 1.54) is 12.1 Å². The van der Waals surface area contributed by atoms with Crippen LogP contribution in [-0.4, -0.2) is 0 Å². The van der Waals surface area contributed by atoms with Crippen molar-refractivity contribution < 1.29 is 13.2 Å². The van der Waals surface area contributed by atoms with Gasteiger partial charge in [-0.1, -0.05) is 19.4 Å². The number of hydrogen-bond donors (Lipinski definition) is 0. The minimum atomic E-state index is -0.371. The standard InChI is InChI=1S/C21H27F3/c1-2-3-14-12-19(23)21(20(24)13-14)17-6-4-15(5-7-17)16-8-10-18(22)11-9-16/h10,12-13,15-17H,2-9,11H2,1H3. The minimum absolute atomic E-state index is 0.00667. The second kappa shape index (κ2) is 7.76. The predicted octanol–water partition coefficient (Wildman–Crippen LogP) is 6.84. The Morgan fingerprint density at radius 3 is 2.12 bits per heavy atom. The van der Waals surface area contributed by atoms with E-state index in [0.717, 1.165) is 50.5 Å². The molecule has 0 saturated heterocycles. The van der Waals surface area contributed by atoms with Gasteiger partial charge >= 0.3 is 0 Å². The Morgan fingerprint density at radius 1 is 0.917 bits per heavy atom. The van der Waals surface area contributed by atoms with E-state index in [-0.39, 0.29) is 23.4 Å². The van der Waals surface area contributed by atoms with E-state index < -0.39 is 0 Å². The molecule has 0 heterocycles. The van der Waals surface area contributed by atoms with E-state index in [9.17, 15) is 13.2 Å². The molecule has 1 aromatic carbocycles. The third-order valence-electron chi connectivity index (χ3n) is 5.92. The summed E-state index contributed by atoms with van der Waals surface area (Å²) in [6.07, 6.45) is 9.33. The van der Waals surface area contributed by atoms with Crippen molar-refractivity contribution in [1.29, 1.82) is 0 Å². The van der Waals surface area contributed by atoms with Crippen molar-refractivity contribution in [2.24, 2.45) is 11.8 Å².